The predicted molar refractivity (Wildman–Crippen MR) is 47.3 cm³/mol. The molecule has 88 valence electrons. The van der Waals surface area contributed by atoms with Gasteiger partial charge in [0.2, 0.25) is 0 Å². The van der Waals surface area contributed by atoms with Crippen molar-refractivity contribution in [2.75, 3.05) is 0 Å². The molecule has 0 fully saturated rings. The van der Waals surface area contributed by atoms with E-state index >= 15 is 0 Å². The molecule has 0 bridgehead atoms. The van der Waals surface area contributed by atoms with E-state index in [-0.39, 0.29) is 6.29 Å². The van der Waals surface area contributed by atoms with Crippen molar-refractivity contribution in [2.24, 2.45) is 0 Å². The number of alkyl halides is 5. The third-order valence-electron chi connectivity index (χ3n) is 1.68. The first-order valence-corrected chi connectivity index (χ1v) is 4.57. The molecule has 0 N–H and O–H groups in total. The van der Waals surface area contributed by atoms with E-state index in [2.05, 4.69) is 20.9 Å². The summed E-state index contributed by atoms with van der Waals surface area (Å²) >= 11 is 2.58. The number of halogens is 6. The van der Waals surface area contributed by atoms with Gasteiger partial charge in [-0.25, -0.2) is 13.8 Å². The molecule has 0 radical (unpaired) electrons. The Bertz CT molecular complexity index is 418. The lowest BCUT2D eigenvalue weighted by molar-refractivity contribution is -0.141. The molecule has 1 aromatic heterocycles. The molecule has 1 rings (SSSR count). The third kappa shape index (κ3) is 2.55. The van der Waals surface area contributed by atoms with Crippen LogP contribution in [0.15, 0.2) is 10.7 Å². The molecule has 0 spiro atoms. The number of rotatable bonds is 2. The van der Waals surface area contributed by atoms with Gasteiger partial charge in [0.05, 0.1) is 5.56 Å². The fourth-order valence-electron chi connectivity index (χ4n) is 1.06. The van der Waals surface area contributed by atoms with Crippen LogP contribution in [0.1, 0.15) is 28.0 Å². The number of nitrogens with zero attached hydrogens (tertiary/aromatic N) is 1. The molecule has 0 aromatic carbocycles. The lowest BCUT2D eigenvalue weighted by Crippen LogP contribution is -2.14. The fourth-order valence-corrected chi connectivity index (χ4v) is 1.49. The summed E-state index contributed by atoms with van der Waals surface area (Å²) in [5.41, 5.74) is -3.75. The summed E-state index contributed by atoms with van der Waals surface area (Å²) in [7, 11) is 0. The zero-order valence-electron chi connectivity index (χ0n) is 7.36. The topological polar surface area (TPSA) is 30.0 Å². The molecule has 2 nitrogen and oxygen atoms in total. The standard InChI is InChI=1S/C8H3BrF5NO/c9-5-1-3(7(10)11)4(2-16)6(15-5)8(12,13)14/h1-2,7H. The van der Waals surface area contributed by atoms with E-state index in [1.165, 1.54) is 0 Å². The molecular formula is C8H3BrF5NO. The second-order valence-electron chi connectivity index (χ2n) is 2.71. The minimum absolute atomic E-state index is 0.274. The summed E-state index contributed by atoms with van der Waals surface area (Å²) in [6, 6.07) is 0.684. The average Bonchev–Trinajstić information content (AvgIpc) is 2.14. The Morgan fingerprint density at radius 3 is 2.31 bits per heavy atom. The summed E-state index contributed by atoms with van der Waals surface area (Å²) < 4.78 is 61.5. The Balaban J connectivity index is 3.55. The van der Waals surface area contributed by atoms with Crippen LogP contribution in [0, 0.1) is 0 Å². The molecule has 16 heavy (non-hydrogen) atoms. The van der Waals surface area contributed by atoms with E-state index in [4.69, 9.17) is 0 Å². The number of carbonyl (C=O) groups is 1. The first-order chi connectivity index (χ1) is 7.27. The van der Waals surface area contributed by atoms with E-state index < -0.39 is 34.0 Å². The molecule has 0 aliphatic heterocycles. The van der Waals surface area contributed by atoms with E-state index in [0.29, 0.717) is 6.07 Å². The molecule has 0 unspecified atom stereocenters. The van der Waals surface area contributed by atoms with Crippen LogP contribution in [0.4, 0.5) is 22.0 Å². The van der Waals surface area contributed by atoms with E-state index in [9.17, 15) is 26.7 Å². The minimum Gasteiger partial charge on any atom is -0.298 e. The highest BCUT2D eigenvalue weighted by atomic mass is 79.9. The predicted octanol–water partition coefficient (Wildman–Crippen LogP) is 3.61. The van der Waals surface area contributed by atoms with Crippen LogP contribution < -0.4 is 0 Å². The number of carbonyl (C=O) groups excluding carboxylic acids is 1. The smallest absolute Gasteiger partial charge is 0.298 e. The Labute approximate surface area is 94.6 Å². The third-order valence-corrected chi connectivity index (χ3v) is 2.09. The first kappa shape index (κ1) is 13.0. The number of hydrogen-bond acceptors (Lipinski definition) is 2. The van der Waals surface area contributed by atoms with Gasteiger partial charge in [-0.3, -0.25) is 4.79 Å². The summed E-state index contributed by atoms with van der Waals surface area (Å²) in [6.07, 6.45) is -8.41. The van der Waals surface area contributed by atoms with Crippen LogP contribution in [0.25, 0.3) is 0 Å². The van der Waals surface area contributed by atoms with E-state index in [0.717, 1.165) is 0 Å². The van der Waals surface area contributed by atoms with Crippen molar-refractivity contribution in [1.29, 1.82) is 0 Å². The minimum atomic E-state index is -4.95. The lowest BCUT2D eigenvalue weighted by Gasteiger charge is -2.12. The Morgan fingerprint density at radius 2 is 1.94 bits per heavy atom. The van der Waals surface area contributed by atoms with Crippen LogP contribution in [-0.2, 0) is 6.18 Å². The summed E-state index contributed by atoms with van der Waals surface area (Å²) in [4.78, 5) is 13.4. The van der Waals surface area contributed by atoms with Gasteiger partial charge in [0.1, 0.15) is 4.60 Å². The van der Waals surface area contributed by atoms with Crippen LogP contribution in [-0.4, -0.2) is 11.3 Å². The molecule has 0 aliphatic carbocycles. The van der Waals surface area contributed by atoms with Gasteiger partial charge in [-0.05, 0) is 22.0 Å². The van der Waals surface area contributed by atoms with Gasteiger partial charge in [0, 0.05) is 5.56 Å². The monoisotopic (exact) mass is 303 g/mol. The van der Waals surface area contributed by atoms with Crippen molar-refractivity contribution in [1.82, 2.24) is 4.98 Å². The van der Waals surface area contributed by atoms with Gasteiger partial charge in [-0.15, -0.1) is 0 Å². The second-order valence-corrected chi connectivity index (χ2v) is 3.53. The molecule has 0 atom stereocenters. The fraction of sp³-hybridized carbons (Fsp3) is 0.250. The Morgan fingerprint density at radius 1 is 1.38 bits per heavy atom. The Hall–Kier alpha value is -1.05. The highest BCUT2D eigenvalue weighted by Gasteiger charge is 2.37. The molecule has 1 aromatic rings. The number of hydrogen-bond donors (Lipinski definition) is 0. The van der Waals surface area contributed by atoms with Crippen molar-refractivity contribution in [3.63, 3.8) is 0 Å². The second kappa shape index (κ2) is 4.44. The summed E-state index contributed by atoms with van der Waals surface area (Å²) in [5.74, 6) is 0. The summed E-state index contributed by atoms with van der Waals surface area (Å²) in [5, 5.41) is 0. The molecule has 8 heteroatoms. The van der Waals surface area contributed by atoms with Crippen molar-refractivity contribution < 1.29 is 26.7 Å². The average molecular weight is 304 g/mol. The van der Waals surface area contributed by atoms with Gasteiger partial charge < -0.3 is 0 Å². The van der Waals surface area contributed by atoms with Gasteiger partial charge in [-0.2, -0.15) is 13.2 Å². The van der Waals surface area contributed by atoms with Crippen molar-refractivity contribution >= 4 is 22.2 Å². The lowest BCUT2D eigenvalue weighted by atomic mass is 10.1. The number of pyridine rings is 1. The molecule has 0 saturated carbocycles. The van der Waals surface area contributed by atoms with Gasteiger partial charge in [0.15, 0.2) is 12.0 Å². The zero-order chi connectivity index (χ0) is 12.5. The SMILES string of the molecule is O=Cc1c(C(F)F)cc(Br)nc1C(F)(F)F. The molecular weight excluding hydrogens is 301 g/mol. The normalized spacial score (nSPS) is 11.9. The Kier molecular flexibility index (Phi) is 3.61. The van der Waals surface area contributed by atoms with Gasteiger partial charge in [0.25, 0.3) is 6.43 Å². The largest absolute Gasteiger partial charge is 0.434 e. The molecule has 0 saturated heterocycles. The first-order valence-electron chi connectivity index (χ1n) is 3.78. The maximum absolute atomic E-state index is 12.4. The molecule has 0 aliphatic rings. The molecule has 1 heterocycles. The van der Waals surface area contributed by atoms with E-state index in [1.54, 1.807) is 0 Å². The maximum Gasteiger partial charge on any atom is 0.434 e. The van der Waals surface area contributed by atoms with Crippen LogP contribution in [0.3, 0.4) is 0 Å². The molecule has 0 amide bonds. The quantitative estimate of drug-likeness (QED) is 0.474. The van der Waals surface area contributed by atoms with Crippen LogP contribution >= 0.6 is 15.9 Å². The van der Waals surface area contributed by atoms with Crippen molar-refractivity contribution in [2.45, 2.75) is 12.6 Å². The van der Waals surface area contributed by atoms with Crippen molar-refractivity contribution in [3.8, 4) is 0 Å². The van der Waals surface area contributed by atoms with Crippen molar-refractivity contribution in [3.05, 3.63) is 27.5 Å². The van der Waals surface area contributed by atoms with Gasteiger partial charge in [-0.1, -0.05) is 0 Å². The van der Waals surface area contributed by atoms with E-state index in [1.807, 2.05) is 0 Å². The highest BCUT2D eigenvalue weighted by molar-refractivity contribution is 9.10. The number of aldehydes is 1. The summed E-state index contributed by atoms with van der Waals surface area (Å²) in [6.45, 7) is 0. The van der Waals surface area contributed by atoms with Crippen LogP contribution in [0.5, 0.6) is 0 Å². The number of aromatic nitrogens is 1. The van der Waals surface area contributed by atoms with Crippen LogP contribution in [0.2, 0.25) is 0 Å². The zero-order valence-corrected chi connectivity index (χ0v) is 8.94. The van der Waals surface area contributed by atoms with Gasteiger partial charge >= 0.3 is 6.18 Å². The highest BCUT2D eigenvalue weighted by Crippen LogP contribution is 2.35. The maximum atomic E-state index is 12.4.